The summed E-state index contributed by atoms with van der Waals surface area (Å²) in [4.78, 5) is 11.6. The number of thiol groups is 1. The molecule has 0 saturated carbocycles. The highest BCUT2D eigenvalue weighted by Crippen LogP contribution is 2.29. The van der Waals surface area contributed by atoms with E-state index in [0.29, 0.717) is 12.3 Å². The van der Waals surface area contributed by atoms with Gasteiger partial charge < -0.3 is 14.5 Å². The minimum atomic E-state index is -2.28. The van der Waals surface area contributed by atoms with E-state index in [0.717, 1.165) is 0 Å². The van der Waals surface area contributed by atoms with Crippen molar-refractivity contribution in [3.63, 3.8) is 0 Å². The Hall–Kier alpha value is -2.23. The summed E-state index contributed by atoms with van der Waals surface area (Å²) in [6.45, 7) is -0.350. The molecular formula is C14H10F5NO3S. The zero-order valence-corrected chi connectivity index (χ0v) is 12.7. The lowest BCUT2D eigenvalue weighted by molar-refractivity contribution is 0.0924. The number of halogens is 5. The van der Waals surface area contributed by atoms with Crippen LogP contribution in [0.5, 0.6) is 5.75 Å². The lowest BCUT2D eigenvalue weighted by atomic mass is 10.2. The van der Waals surface area contributed by atoms with Gasteiger partial charge in [-0.25, -0.2) is 13.2 Å². The highest BCUT2D eigenvalue weighted by molar-refractivity contribution is 7.80. The molecule has 1 amide bonds. The first kappa shape index (κ1) is 18.1. The molecule has 1 aromatic heterocycles. The van der Waals surface area contributed by atoms with Crippen molar-refractivity contribution in [2.24, 2.45) is 0 Å². The maximum Gasteiger partial charge on any atom is 0.287 e. The Morgan fingerprint density at radius 3 is 2.21 bits per heavy atom. The van der Waals surface area contributed by atoms with Gasteiger partial charge in [0.2, 0.25) is 29.1 Å². The number of rotatable bonds is 6. The van der Waals surface area contributed by atoms with Crippen LogP contribution in [0.2, 0.25) is 0 Å². The molecule has 2 rings (SSSR count). The van der Waals surface area contributed by atoms with E-state index in [-0.39, 0.29) is 11.5 Å². The topological polar surface area (TPSA) is 51.5 Å². The SMILES string of the molecule is O=C(NCCS)c1ccc(COc2c(F)c(F)c(F)c(F)c2F)o1. The van der Waals surface area contributed by atoms with Gasteiger partial charge in [-0.15, -0.1) is 0 Å². The molecule has 0 aliphatic carbocycles. The highest BCUT2D eigenvalue weighted by Gasteiger charge is 2.27. The van der Waals surface area contributed by atoms with Gasteiger partial charge in [0.15, 0.2) is 11.5 Å². The number of carbonyl (C=O) groups excluding carboxylic acids is 1. The Bertz CT molecular complexity index is 736. The van der Waals surface area contributed by atoms with Crippen LogP contribution in [-0.2, 0) is 6.61 Å². The molecule has 0 radical (unpaired) electrons. The maximum atomic E-state index is 13.4. The summed E-state index contributed by atoms with van der Waals surface area (Å²) in [5, 5.41) is 2.46. The van der Waals surface area contributed by atoms with Gasteiger partial charge in [-0.1, -0.05) is 0 Å². The summed E-state index contributed by atoms with van der Waals surface area (Å²) in [6.07, 6.45) is 0. The van der Waals surface area contributed by atoms with Crippen molar-refractivity contribution in [3.8, 4) is 5.75 Å². The Morgan fingerprint density at radius 1 is 1.04 bits per heavy atom. The van der Waals surface area contributed by atoms with Crippen LogP contribution in [0.25, 0.3) is 0 Å². The average molecular weight is 367 g/mol. The molecule has 1 N–H and O–H groups in total. The lowest BCUT2D eigenvalue weighted by Crippen LogP contribution is -2.24. The van der Waals surface area contributed by atoms with Crippen LogP contribution in [0, 0.1) is 29.1 Å². The fourth-order valence-corrected chi connectivity index (χ4v) is 1.80. The Morgan fingerprint density at radius 2 is 1.62 bits per heavy atom. The number of hydrogen-bond acceptors (Lipinski definition) is 4. The van der Waals surface area contributed by atoms with Crippen LogP contribution >= 0.6 is 12.6 Å². The predicted octanol–water partition coefficient (Wildman–Crippen LogP) is 3.21. The molecular weight excluding hydrogens is 357 g/mol. The van der Waals surface area contributed by atoms with Crippen LogP contribution in [-0.4, -0.2) is 18.2 Å². The molecule has 2 aromatic rings. The molecule has 0 fully saturated rings. The van der Waals surface area contributed by atoms with E-state index < -0.39 is 47.3 Å². The number of furan rings is 1. The second-order valence-electron chi connectivity index (χ2n) is 4.43. The molecule has 1 heterocycles. The first-order valence-electron chi connectivity index (χ1n) is 6.48. The number of ether oxygens (including phenoxy) is 1. The van der Waals surface area contributed by atoms with Crippen molar-refractivity contribution in [3.05, 3.63) is 52.7 Å². The van der Waals surface area contributed by atoms with Crippen LogP contribution in [0.1, 0.15) is 16.3 Å². The fourth-order valence-electron chi connectivity index (χ4n) is 1.69. The third-order valence-corrected chi connectivity index (χ3v) is 3.03. The highest BCUT2D eigenvalue weighted by atomic mass is 32.1. The van der Waals surface area contributed by atoms with Crippen molar-refractivity contribution >= 4 is 18.5 Å². The van der Waals surface area contributed by atoms with E-state index in [9.17, 15) is 26.7 Å². The Balaban J connectivity index is 2.12. The summed E-state index contributed by atoms with van der Waals surface area (Å²) in [6, 6.07) is 2.53. The largest absolute Gasteiger partial charge is 0.479 e. The molecule has 0 bridgehead atoms. The summed E-state index contributed by atoms with van der Waals surface area (Å²) in [5.41, 5.74) is 0. The molecule has 0 saturated heterocycles. The molecule has 0 unspecified atom stereocenters. The van der Waals surface area contributed by atoms with Gasteiger partial charge in [-0.3, -0.25) is 4.79 Å². The molecule has 0 atom stereocenters. The lowest BCUT2D eigenvalue weighted by Gasteiger charge is -2.09. The zero-order valence-electron chi connectivity index (χ0n) is 11.8. The predicted molar refractivity (Wildman–Crippen MR) is 75.5 cm³/mol. The average Bonchev–Trinajstić information content (AvgIpc) is 3.05. The van der Waals surface area contributed by atoms with E-state index in [1.807, 2.05) is 0 Å². The van der Waals surface area contributed by atoms with Crippen molar-refractivity contribution in [1.29, 1.82) is 0 Å². The van der Waals surface area contributed by atoms with Gasteiger partial charge in [0, 0.05) is 12.3 Å². The van der Waals surface area contributed by atoms with E-state index in [1.165, 1.54) is 12.1 Å². The Kier molecular flexibility index (Phi) is 5.71. The van der Waals surface area contributed by atoms with E-state index in [4.69, 9.17) is 4.42 Å². The van der Waals surface area contributed by atoms with Gasteiger partial charge in [-0.2, -0.15) is 21.4 Å². The van der Waals surface area contributed by atoms with Crippen LogP contribution in [0.4, 0.5) is 22.0 Å². The third-order valence-electron chi connectivity index (χ3n) is 2.81. The molecule has 24 heavy (non-hydrogen) atoms. The molecule has 0 aliphatic rings. The van der Waals surface area contributed by atoms with Crippen molar-refractivity contribution < 1.29 is 35.9 Å². The molecule has 0 spiro atoms. The summed E-state index contributed by atoms with van der Waals surface area (Å²) in [7, 11) is 0. The van der Waals surface area contributed by atoms with Crippen molar-refractivity contribution in [2.45, 2.75) is 6.61 Å². The van der Waals surface area contributed by atoms with Gasteiger partial charge in [-0.05, 0) is 12.1 Å². The first-order valence-corrected chi connectivity index (χ1v) is 7.12. The zero-order chi connectivity index (χ0) is 17.9. The van der Waals surface area contributed by atoms with Crippen LogP contribution in [0.3, 0.4) is 0 Å². The minimum absolute atomic E-state index is 0.0463. The van der Waals surface area contributed by atoms with Crippen LogP contribution < -0.4 is 10.1 Å². The minimum Gasteiger partial charge on any atom is -0.479 e. The number of benzene rings is 1. The molecule has 4 nitrogen and oxygen atoms in total. The molecule has 0 aliphatic heterocycles. The van der Waals surface area contributed by atoms with Gasteiger partial charge in [0.25, 0.3) is 5.91 Å². The second-order valence-corrected chi connectivity index (χ2v) is 4.88. The molecule has 130 valence electrons. The first-order chi connectivity index (χ1) is 11.4. The fraction of sp³-hybridized carbons (Fsp3) is 0.214. The van der Waals surface area contributed by atoms with E-state index >= 15 is 0 Å². The van der Waals surface area contributed by atoms with Gasteiger partial charge >= 0.3 is 0 Å². The number of carbonyl (C=O) groups is 1. The second kappa shape index (κ2) is 7.56. The number of amides is 1. The molecule has 1 aromatic carbocycles. The van der Waals surface area contributed by atoms with Crippen molar-refractivity contribution in [2.75, 3.05) is 12.3 Å². The smallest absolute Gasteiger partial charge is 0.287 e. The van der Waals surface area contributed by atoms with Gasteiger partial charge in [0.05, 0.1) is 0 Å². The monoisotopic (exact) mass is 367 g/mol. The number of hydrogen-bond donors (Lipinski definition) is 2. The summed E-state index contributed by atoms with van der Waals surface area (Å²) >= 11 is 3.91. The quantitative estimate of drug-likeness (QED) is 0.357. The standard InChI is InChI=1S/C14H10F5NO3S/c15-8-9(16)11(18)13(12(19)10(8)17)22-5-6-1-2-7(23-6)14(21)20-3-4-24/h1-2,24H,3-5H2,(H,20,21). The van der Waals surface area contributed by atoms with E-state index in [1.54, 1.807) is 0 Å². The third kappa shape index (κ3) is 3.64. The van der Waals surface area contributed by atoms with E-state index in [2.05, 4.69) is 22.7 Å². The van der Waals surface area contributed by atoms with Crippen LogP contribution in [0.15, 0.2) is 16.5 Å². The molecule has 10 heteroatoms. The van der Waals surface area contributed by atoms with Gasteiger partial charge in [0.1, 0.15) is 12.4 Å². The number of nitrogens with one attached hydrogen (secondary N) is 1. The Labute approximate surface area is 138 Å². The summed E-state index contributed by atoms with van der Waals surface area (Å²) < 4.78 is 75.5. The van der Waals surface area contributed by atoms with Crippen molar-refractivity contribution in [1.82, 2.24) is 5.32 Å². The maximum absolute atomic E-state index is 13.4. The normalized spacial score (nSPS) is 10.8. The summed E-state index contributed by atoms with van der Waals surface area (Å²) in [5.74, 6) is -12.4.